The van der Waals surface area contributed by atoms with Crippen molar-refractivity contribution in [2.45, 2.75) is 24.4 Å². The van der Waals surface area contributed by atoms with E-state index in [1.807, 2.05) is 0 Å². The molecule has 1 rings (SSSR count). The van der Waals surface area contributed by atoms with Gasteiger partial charge in [-0.25, -0.2) is 9.18 Å². The fourth-order valence-electron chi connectivity index (χ4n) is 0.972. The van der Waals surface area contributed by atoms with Crippen molar-refractivity contribution in [1.82, 2.24) is 0 Å². The van der Waals surface area contributed by atoms with Crippen molar-refractivity contribution in [3.8, 4) is 0 Å². The van der Waals surface area contributed by atoms with Gasteiger partial charge in [-0.05, 0) is 6.92 Å². The van der Waals surface area contributed by atoms with Gasteiger partial charge >= 0.3 is 5.97 Å². The largest absolute Gasteiger partial charge is 0.453 e. The third kappa shape index (κ3) is 0.921. The molecule has 0 aromatic heterocycles. The Morgan fingerprint density at radius 3 is 2.50 bits per heavy atom. The molecule has 4 N–H and O–H groups in total. The fourth-order valence-corrected chi connectivity index (χ4v) is 0.972. The number of hydrogen-bond donors (Lipinski definition) is 3. The van der Waals surface area contributed by atoms with Crippen LogP contribution in [0.3, 0.4) is 0 Å². The summed E-state index contributed by atoms with van der Waals surface area (Å²) in [6, 6.07) is 0. The zero-order valence-corrected chi connectivity index (χ0v) is 6.45. The lowest BCUT2D eigenvalue weighted by molar-refractivity contribution is -0.150. The molecule has 0 spiro atoms. The summed E-state index contributed by atoms with van der Waals surface area (Å²) in [4.78, 5) is 10.7. The second kappa shape index (κ2) is 2.38. The predicted molar refractivity (Wildman–Crippen MR) is 35.6 cm³/mol. The van der Waals surface area contributed by atoms with Gasteiger partial charge in [-0.1, -0.05) is 0 Å². The van der Waals surface area contributed by atoms with Crippen LogP contribution < -0.4 is 5.73 Å². The van der Waals surface area contributed by atoms with Crippen molar-refractivity contribution in [2.24, 2.45) is 5.73 Å². The maximum Gasteiger partial charge on any atom is 0.348 e. The normalized spacial score (nSPS) is 47.8. The molecule has 0 aromatic rings. The minimum Gasteiger partial charge on any atom is -0.453 e. The Labute approximate surface area is 67.9 Å². The average molecular weight is 179 g/mol. The van der Waals surface area contributed by atoms with E-state index in [0.717, 1.165) is 6.92 Å². The Bertz CT molecular complexity index is 216. The second-order valence-corrected chi connectivity index (χ2v) is 2.90. The Morgan fingerprint density at radius 1 is 1.83 bits per heavy atom. The van der Waals surface area contributed by atoms with Crippen molar-refractivity contribution in [1.29, 1.82) is 0 Å². The van der Waals surface area contributed by atoms with Crippen LogP contribution in [0.1, 0.15) is 6.92 Å². The molecular weight excluding hydrogens is 169 g/mol. The van der Waals surface area contributed by atoms with E-state index in [1.165, 1.54) is 0 Å². The van der Waals surface area contributed by atoms with E-state index in [0.29, 0.717) is 0 Å². The molecule has 3 atom stereocenters. The number of ether oxygens (including phenoxy) is 1. The van der Waals surface area contributed by atoms with E-state index in [4.69, 9.17) is 10.8 Å². The van der Waals surface area contributed by atoms with Crippen LogP contribution in [-0.2, 0) is 9.53 Å². The second-order valence-electron chi connectivity index (χ2n) is 2.90. The first-order chi connectivity index (χ1) is 5.34. The topological polar surface area (TPSA) is 92.8 Å². The Balaban J connectivity index is 3.00. The van der Waals surface area contributed by atoms with Crippen molar-refractivity contribution in [3.63, 3.8) is 0 Å². The number of alkyl halides is 1. The molecular formula is C6H10FNO4. The van der Waals surface area contributed by atoms with Gasteiger partial charge in [0.2, 0.25) is 5.67 Å². The summed E-state index contributed by atoms with van der Waals surface area (Å²) in [5.74, 6) is -1.26. The molecule has 1 aliphatic rings. The van der Waals surface area contributed by atoms with Crippen molar-refractivity contribution >= 4 is 5.97 Å². The van der Waals surface area contributed by atoms with Crippen LogP contribution in [0.4, 0.5) is 4.39 Å². The molecule has 0 unspecified atom stereocenters. The van der Waals surface area contributed by atoms with E-state index < -0.39 is 30.1 Å². The Morgan fingerprint density at radius 2 is 2.33 bits per heavy atom. The minimum absolute atomic E-state index is 0.710. The van der Waals surface area contributed by atoms with Gasteiger partial charge in [0.15, 0.2) is 11.8 Å². The fraction of sp³-hybridized carbons (Fsp3) is 0.833. The zero-order chi connectivity index (χ0) is 9.57. The monoisotopic (exact) mass is 179 g/mol. The maximum absolute atomic E-state index is 13.3. The van der Waals surface area contributed by atoms with Crippen LogP contribution in [0.15, 0.2) is 0 Å². The standard InChI is InChI=1S/C6H10FNO4/c1-5(7)4(10)12-3(2-9)6(5,8)11/h3,9,11H,2,8H2,1H3/t3-,5-,6+/m1/s1. The highest BCUT2D eigenvalue weighted by atomic mass is 19.1. The molecule has 1 aliphatic heterocycles. The molecule has 1 fully saturated rings. The number of aliphatic hydroxyl groups is 2. The van der Waals surface area contributed by atoms with Crippen LogP contribution in [0.5, 0.6) is 0 Å². The van der Waals surface area contributed by atoms with Crippen LogP contribution in [0.2, 0.25) is 0 Å². The summed E-state index contributed by atoms with van der Waals surface area (Å²) >= 11 is 0. The number of aliphatic hydroxyl groups excluding tert-OH is 1. The lowest BCUT2D eigenvalue weighted by Gasteiger charge is -2.27. The van der Waals surface area contributed by atoms with E-state index >= 15 is 0 Å². The Hall–Kier alpha value is -0.720. The van der Waals surface area contributed by atoms with E-state index in [-0.39, 0.29) is 0 Å². The van der Waals surface area contributed by atoms with Crippen molar-refractivity contribution in [2.75, 3.05) is 6.61 Å². The molecule has 0 bridgehead atoms. The molecule has 0 aliphatic carbocycles. The maximum atomic E-state index is 13.3. The van der Waals surface area contributed by atoms with Gasteiger partial charge in [0.05, 0.1) is 6.61 Å². The smallest absolute Gasteiger partial charge is 0.348 e. The number of rotatable bonds is 1. The molecule has 1 saturated heterocycles. The van der Waals surface area contributed by atoms with Gasteiger partial charge in [-0.3, -0.25) is 5.73 Å². The number of carbonyl (C=O) groups is 1. The molecule has 0 amide bonds. The summed E-state index contributed by atoms with van der Waals surface area (Å²) in [7, 11) is 0. The molecule has 1 heterocycles. The van der Waals surface area contributed by atoms with E-state index in [2.05, 4.69) is 4.74 Å². The molecule has 6 heteroatoms. The highest BCUT2D eigenvalue weighted by Gasteiger charge is 2.64. The highest BCUT2D eigenvalue weighted by Crippen LogP contribution is 2.34. The van der Waals surface area contributed by atoms with Crippen LogP contribution >= 0.6 is 0 Å². The van der Waals surface area contributed by atoms with Gasteiger partial charge in [0, 0.05) is 0 Å². The average Bonchev–Trinajstić information content (AvgIpc) is 2.10. The van der Waals surface area contributed by atoms with E-state index in [9.17, 15) is 14.3 Å². The molecule has 70 valence electrons. The number of hydrogen-bond acceptors (Lipinski definition) is 5. The minimum atomic E-state index is -2.67. The molecule has 0 radical (unpaired) electrons. The summed E-state index contributed by atoms with van der Waals surface area (Å²) in [6.07, 6.45) is -1.40. The van der Waals surface area contributed by atoms with Crippen molar-refractivity contribution in [3.05, 3.63) is 0 Å². The molecule has 12 heavy (non-hydrogen) atoms. The lowest BCUT2D eigenvalue weighted by Crippen LogP contribution is -2.61. The summed E-state index contributed by atoms with van der Waals surface area (Å²) in [6.45, 7) is 0.100. The number of cyclic esters (lactones) is 1. The Kier molecular flexibility index (Phi) is 1.86. The van der Waals surface area contributed by atoms with Gasteiger partial charge in [0.25, 0.3) is 0 Å². The third-order valence-corrected chi connectivity index (χ3v) is 2.04. The predicted octanol–water partition coefficient (Wildman–Crippen LogP) is -1.72. The van der Waals surface area contributed by atoms with Gasteiger partial charge < -0.3 is 14.9 Å². The quantitative estimate of drug-likeness (QED) is 0.329. The first-order valence-corrected chi connectivity index (χ1v) is 3.36. The van der Waals surface area contributed by atoms with Crippen molar-refractivity contribution < 1.29 is 24.1 Å². The van der Waals surface area contributed by atoms with Gasteiger partial charge in [-0.15, -0.1) is 0 Å². The summed E-state index contributed by atoms with van der Waals surface area (Å²) in [5.41, 5.74) is -0.0503. The van der Waals surface area contributed by atoms with Gasteiger partial charge in [-0.2, -0.15) is 0 Å². The SMILES string of the molecule is C[C@@]1(F)C(=O)O[C@H](CO)[C@]1(N)O. The number of esters is 1. The highest BCUT2D eigenvalue weighted by molar-refractivity contribution is 5.83. The van der Waals surface area contributed by atoms with Crippen LogP contribution in [0, 0.1) is 0 Å². The summed E-state index contributed by atoms with van der Waals surface area (Å²) in [5, 5.41) is 17.8. The van der Waals surface area contributed by atoms with E-state index in [1.54, 1.807) is 0 Å². The van der Waals surface area contributed by atoms with Crippen LogP contribution in [0.25, 0.3) is 0 Å². The number of nitrogens with two attached hydrogens (primary N) is 1. The number of carbonyl (C=O) groups excluding carboxylic acids is 1. The lowest BCUT2D eigenvalue weighted by atomic mass is 9.94. The third-order valence-electron chi connectivity index (χ3n) is 2.04. The zero-order valence-electron chi connectivity index (χ0n) is 6.45. The molecule has 5 nitrogen and oxygen atoms in total. The van der Waals surface area contributed by atoms with Gasteiger partial charge in [0.1, 0.15) is 0 Å². The van der Waals surface area contributed by atoms with Crippen LogP contribution in [-0.4, -0.2) is 40.3 Å². The number of halogens is 1. The summed E-state index contributed by atoms with van der Waals surface area (Å²) < 4.78 is 17.6. The molecule has 0 aromatic carbocycles. The molecule has 0 saturated carbocycles. The first kappa shape index (κ1) is 9.37. The first-order valence-electron chi connectivity index (χ1n) is 3.36.